The molecule has 4 aromatic heterocycles. The summed E-state index contributed by atoms with van der Waals surface area (Å²) in [7, 11) is 4.63. The van der Waals surface area contributed by atoms with Gasteiger partial charge in [-0.25, -0.2) is 21.6 Å². The number of nitriles is 4. The maximum absolute atomic E-state index is 11.1. The first-order valence-electron chi connectivity index (χ1n) is 35.4. The topological polar surface area (TPSA) is 403 Å². The van der Waals surface area contributed by atoms with Crippen LogP contribution in [0.5, 0.6) is 46.0 Å². The average Bonchev–Trinajstić information content (AvgIpc) is 1.63. The zero-order chi connectivity index (χ0) is 83.1. The zero-order valence-electron chi connectivity index (χ0n) is 65.5. The summed E-state index contributed by atoms with van der Waals surface area (Å²) in [6.45, 7) is 13.8. The third-order valence-corrected chi connectivity index (χ3v) is 18.4. The Morgan fingerprint density at radius 2 is 0.690 bits per heavy atom. The van der Waals surface area contributed by atoms with Crippen LogP contribution in [0, 0.1) is 45.3 Å². The summed E-state index contributed by atoms with van der Waals surface area (Å²) in [5, 5.41) is 47.0. The number of sulfonamides is 1. The molecule has 116 heavy (non-hydrogen) atoms. The Balaban J connectivity index is 0.000000266. The molecule has 0 aliphatic rings. The number of rotatable bonds is 27. The van der Waals surface area contributed by atoms with Gasteiger partial charge >= 0.3 is 29.6 Å². The molecule has 28 nitrogen and oxygen atoms in total. The van der Waals surface area contributed by atoms with Crippen molar-refractivity contribution in [2.24, 2.45) is 10.8 Å². The Bertz CT molecular complexity index is 5640. The minimum Gasteiger partial charge on any atom is -0.497 e. The molecule has 0 spiro atoms. The van der Waals surface area contributed by atoms with E-state index in [-0.39, 0.29) is 56.7 Å². The fourth-order valence-corrected chi connectivity index (χ4v) is 13.2. The minimum absolute atomic E-state index is 0. The van der Waals surface area contributed by atoms with Gasteiger partial charge in [-0.2, -0.15) is 21.0 Å². The third kappa shape index (κ3) is 24.8. The molecular weight excluding hydrogens is 1620 g/mol. The molecular formula is C83H89BrClN16NaO12S2. The van der Waals surface area contributed by atoms with Crippen molar-refractivity contribution >= 4 is 89.3 Å². The van der Waals surface area contributed by atoms with Crippen LogP contribution in [0.3, 0.4) is 0 Å². The quantitative estimate of drug-likeness (QED) is 0.00918. The van der Waals surface area contributed by atoms with Crippen molar-refractivity contribution < 1.29 is 84.3 Å². The van der Waals surface area contributed by atoms with Gasteiger partial charge in [-0.05, 0) is 201 Å². The van der Waals surface area contributed by atoms with E-state index in [1.807, 2.05) is 177 Å². The van der Waals surface area contributed by atoms with Crippen molar-refractivity contribution in [2.75, 3.05) is 92.3 Å². The number of aryl methyl sites for hydroxylation is 4. The molecule has 0 fully saturated rings. The predicted octanol–water partition coefficient (Wildman–Crippen LogP) is 15.3. The van der Waals surface area contributed by atoms with Gasteiger partial charge < -0.3 is 73.0 Å². The smallest absolute Gasteiger partial charge is 0.497 e. The molecule has 8 aromatic carbocycles. The first-order chi connectivity index (χ1) is 55.0. The molecule has 0 saturated carbocycles. The van der Waals surface area contributed by atoms with Crippen LogP contribution in [-0.2, 0) is 45.3 Å². The summed E-state index contributed by atoms with van der Waals surface area (Å²) in [5.41, 5.74) is 41.2. The summed E-state index contributed by atoms with van der Waals surface area (Å²) < 4.78 is 95.5. The van der Waals surface area contributed by atoms with E-state index in [0.717, 1.165) is 161 Å². The Morgan fingerprint density at radius 1 is 0.448 bits per heavy atom. The first-order valence-corrected chi connectivity index (χ1v) is 41.2. The molecule has 4 heterocycles. The van der Waals surface area contributed by atoms with Crippen LogP contribution in [-0.4, -0.2) is 127 Å². The van der Waals surface area contributed by atoms with Gasteiger partial charge in [-0.15, -0.1) is 0 Å². The summed E-state index contributed by atoms with van der Waals surface area (Å²) >= 11 is 3.35. The van der Waals surface area contributed by atoms with Crippen LogP contribution in [0.1, 0.15) is 57.4 Å². The van der Waals surface area contributed by atoms with E-state index in [1.54, 1.807) is 28.4 Å². The molecule has 3 N–H and O–H groups in total. The molecule has 0 amide bonds. The number of aromatic nitrogens is 4. The van der Waals surface area contributed by atoms with Crippen LogP contribution in [0.25, 0.3) is 115 Å². The molecule has 0 radical (unpaired) electrons. The number of nitrogens with zero attached hydrogens (tertiary/aromatic N) is 14. The van der Waals surface area contributed by atoms with Crippen molar-refractivity contribution in [3.05, 3.63) is 219 Å². The van der Waals surface area contributed by atoms with E-state index in [0.29, 0.717) is 66.7 Å². The number of alkyl halides is 1. The van der Waals surface area contributed by atoms with E-state index < -0.39 is 19.1 Å². The second-order valence-corrected chi connectivity index (χ2v) is 29.9. The minimum atomic E-state index is -3.23. The second kappa shape index (κ2) is 46.7. The van der Waals surface area contributed by atoms with Crippen molar-refractivity contribution in [3.63, 3.8) is 0 Å². The summed E-state index contributed by atoms with van der Waals surface area (Å²) in [5.74, 6) is 5.97. The van der Waals surface area contributed by atoms with Crippen LogP contribution < -0.4 is 77.9 Å². The Hall–Kier alpha value is -11.5. The number of nitrogens with two attached hydrogens (primary N) is 1. The Kier molecular flexibility index (Phi) is 38.3. The largest absolute Gasteiger partial charge is 1.00 e. The maximum Gasteiger partial charge on any atom is 1.00 e. The van der Waals surface area contributed by atoms with Crippen molar-refractivity contribution in [1.29, 1.82) is 21.0 Å². The zero-order valence-corrected chi connectivity index (χ0v) is 71.4. The molecule has 12 rings (SSSR count). The van der Waals surface area contributed by atoms with Gasteiger partial charge in [-0.3, -0.25) is 4.91 Å². The molecule has 12 aromatic rings. The van der Waals surface area contributed by atoms with Gasteiger partial charge in [0.15, 0.2) is 0 Å². The molecule has 0 bridgehead atoms. The third-order valence-electron chi connectivity index (χ3n) is 17.3. The van der Waals surface area contributed by atoms with Gasteiger partial charge in [0, 0.05) is 106 Å². The van der Waals surface area contributed by atoms with E-state index in [9.17, 15) is 37.9 Å². The van der Waals surface area contributed by atoms with Gasteiger partial charge in [0.05, 0.1) is 128 Å². The van der Waals surface area contributed by atoms with Crippen LogP contribution in [0.4, 0.5) is 0 Å². The maximum atomic E-state index is 11.1. The van der Waals surface area contributed by atoms with Gasteiger partial charge in [0.25, 0.3) is 0 Å². The van der Waals surface area contributed by atoms with Crippen LogP contribution in [0.2, 0.25) is 0 Å². The van der Waals surface area contributed by atoms with Crippen molar-refractivity contribution in [2.45, 2.75) is 61.3 Å². The van der Waals surface area contributed by atoms with E-state index in [4.69, 9.17) is 60.2 Å². The molecule has 0 aliphatic carbocycles. The Labute approximate surface area is 710 Å². The van der Waals surface area contributed by atoms with Crippen molar-refractivity contribution in [3.8, 4) is 115 Å². The molecule has 0 aliphatic heterocycles. The SMILES string of the molecule is C.CCn1c(-c2ccc(OCCBr)cc2)c(C#N)c2ccc(OC)cc21.CCn1c(-c2ccc(OCCN)cc2)c(C#N)c2ccc(OC)cc21.CCn1c(-c2ccc(OCCN=[N+]=[N-])cc2)c(C#N)c2ccc(OC)cc21.CCn1c(-c2ccc(OCCNS(C)(=O)=O)cc2)c(C#N)c2ccc(OC)cc21.CS(=O)(=O)Cl.[N-]=[N+]=[N-].[Na+]. The average molecular weight is 1710 g/mol. The molecule has 0 saturated heterocycles. The van der Waals surface area contributed by atoms with E-state index in [1.165, 1.54) is 4.91 Å². The second-order valence-electron chi connectivity index (χ2n) is 24.2. The number of azide groups is 1. The van der Waals surface area contributed by atoms with Gasteiger partial charge in [-0.1, -0.05) is 28.5 Å². The fourth-order valence-electron chi connectivity index (χ4n) is 12.6. The van der Waals surface area contributed by atoms with Gasteiger partial charge in [0.1, 0.15) is 83.5 Å². The number of ether oxygens (including phenoxy) is 8. The molecule has 0 atom stereocenters. The molecule has 600 valence electrons. The predicted molar refractivity (Wildman–Crippen MR) is 456 cm³/mol. The van der Waals surface area contributed by atoms with Crippen LogP contribution in [0.15, 0.2) is 175 Å². The molecule has 0 unspecified atom stereocenters. The number of hydrogen-bond donors (Lipinski definition) is 2. The number of halogens is 2. The number of fused-ring (bicyclic) bond motifs is 4. The number of methoxy groups -OCH3 is 4. The first kappa shape index (κ1) is 95.1. The summed E-state index contributed by atoms with van der Waals surface area (Å²) in [4.78, 5) is 4.19. The number of hydrogen-bond acceptors (Lipinski definition) is 18. The summed E-state index contributed by atoms with van der Waals surface area (Å²) in [6.07, 6.45) is 2.03. The van der Waals surface area contributed by atoms with Crippen LogP contribution >= 0.6 is 26.6 Å². The molecule has 33 heteroatoms. The standard InChI is InChI=1S/C21H23N3O4S.C20H19BrN2O2.C20H19N5O2.C20H21N3O2.CH3ClO2S.CH4.N3.Na/c1-4-24-20-13-17(27-2)9-10-18(20)19(14-22)21(24)15-5-7-16(8-6-15)28-12-11-23-29(3,25)26;1-3-23-19-12-16(24-2)8-9-17(19)18(13-22)20(23)14-4-6-15(7-5-14)25-11-10-21;1-3-25-19-12-16(26-2)8-9-17(19)18(13-21)20(25)14-4-6-15(7-5-14)27-11-10-23-24-22;1-3-23-19-12-16(24-2)8-9-17(19)18(13-22)20(23)14-4-6-15(7-5-14)25-11-10-21;1-5(2,3)4;;1-3-2;/h5-10,13,23H,4,11-12H2,1-3H3;4-9,12H,3,10-11H2,1-2H3;4-9,12H,3,10-11H2,1-2H3;4-9,12H,3,10-11,21H2,1-2H3;1H3;1H4;;/q;;;;;;-1;+1. The summed E-state index contributed by atoms with van der Waals surface area (Å²) in [6, 6.07) is 63.2. The van der Waals surface area contributed by atoms with Gasteiger partial charge in [0.2, 0.25) is 19.1 Å². The van der Waals surface area contributed by atoms with E-state index >= 15 is 0 Å². The van der Waals surface area contributed by atoms with E-state index in [2.05, 4.69) is 105 Å². The number of benzene rings is 8. The normalized spacial score (nSPS) is 10.4. The fraction of sp³-hybridized carbons (Fsp3) is 0.277. The monoisotopic (exact) mass is 1700 g/mol. The Morgan fingerprint density at radius 3 is 0.905 bits per heavy atom. The van der Waals surface area contributed by atoms with Crippen molar-refractivity contribution in [1.82, 2.24) is 23.0 Å². The number of nitrogens with one attached hydrogen (secondary N) is 1.